The number of fused-ring (bicyclic) bond motifs is 3. The summed E-state index contributed by atoms with van der Waals surface area (Å²) >= 11 is 0. The van der Waals surface area contributed by atoms with Gasteiger partial charge in [-0.25, -0.2) is 4.79 Å². The van der Waals surface area contributed by atoms with E-state index in [0.29, 0.717) is 12.8 Å². The molecule has 0 heterocycles. The van der Waals surface area contributed by atoms with Crippen molar-refractivity contribution in [1.82, 2.24) is 10.6 Å². The summed E-state index contributed by atoms with van der Waals surface area (Å²) in [5, 5.41) is 15.3. The van der Waals surface area contributed by atoms with Gasteiger partial charge in [0.05, 0.1) is 5.92 Å². The molecule has 0 aliphatic heterocycles. The first-order chi connectivity index (χ1) is 17.0. The number of carboxylic acids is 1. The van der Waals surface area contributed by atoms with Gasteiger partial charge in [-0.05, 0) is 53.9 Å². The SMILES string of the molecule is O=C(CC1CCCC1NC(=O)OCC1c2ccccc2-c2ccccc21)N[C@H]1CCC[C@H]1C(=O)O. The summed E-state index contributed by atoms with van der Waals surface area (Å²) in [7, 11) is 0. The molecule has 2 unspecified atom stereocenters. The largest absolute Gasteiger partial charge is 0.481 e. The number of ether oxygens (including phenoxy) is 1. The molecule has 0 bridgehead atoms. The monoisotopic (exact) mass is 476 g/mol. The number of hydrogen-bond acceptors (Lipinski definition) is 4. The van der Waals surface area contributed by atoms with Crippen LogP contribution in [0.3, 0.4) is 0 Å². The topological polar surface area (TPSA) is 105 Å². The normalized spacial score (nSPS) is 25.0. The predicted molar refractivity (Wildman–Crippen MR) is 131 cm³/mol. The fraction of sp³-hybridized carbons (Fsp3) is 0.464. The maximum absolute atomic E-state index is 12.7. The Labute approximate surface area is 205 Å². The third-order valence-corrected chi connectivity index (χ3v) is 7.93. The van der Waals surface area contributed by atoms with E-state index in [1.807, 2.05) is 24.3 Å². The summed E-state index contributed by atoms with van der Waals surface area (Å²) in [4.78, 5) is 36.7. The summed E-state index contributed by atoms with van der Waals surface area (Å²) in [5.74, 6) is -1.44. The molecule has 4 atom stereocenters. The molecule has 2 fully saturated rings. The van der Waals surface area contributed by atoms with E-state index in [4.69, 9.17) is 4.74 Å². The number of hydrogen-bond donors (Lipinski definition) is 3. The van der Waals surface area contributed by atoms with Crippen molar-refractivity contribution in [3.05, 3.63) is 59.7 Å². The van der Waals surface area contributed by atoms with Crippen LogP contribution >= 0.6 is 0 Å². The highest BCUT2D eigenvalue weighted by molar-refractivity contribution is 5.80. The standard InChI is InChI=1S/C28H32N2O5/c31-26(29-25-14-6-12-22(25)27(32)33)15-17-7-5-13-24(17)30-28(34)35-16-23-20-10-3-1-8-18(20)19-9-2-4-11-21(19)23/h1-4,8-11,17,22-25H,5-7,12-16H2,(H,29,31)(H,30,34)(H,32,33)/t17?,22-,24?,25+/m1/s1. The summed E-state index contributed by atoms with van der Waals surface area (Å²) in [5.41, 5.74) is 4.71. The van der Waals surface area contributed by atoms with E-state index < -0.39 is 18.0 Å². The lowest BCUT2D eigenvalue weighted by Crippen LogP contribution is -2.43. The van der Waals surface area contributed by atoms with E-state index in [1.165, 1.54) is 22.3 Å². The Morgan fingerprint density at radius 2 is 1.46 bits per heavy atom. The average molecular weight is 477 g/mol. The second kappa shape index (κ2) is 10.1. The lowest BCUT2D eigenvalue weighted by atomic mass is 9.98. The molecule has 7 heteroatoms. The molecule has 3 aliphatic rings. The van der Waals surface area contributed by atoms with Crippen LogP contribution in [-0.2, 0) is 14.3 Å². The van der Waals surface area contributed by atoms with Gasteiger partial charge < -0.3 is 20.5 Å². The van der Waals surface area contributed by atoms with Crippen molar-refractivity contribution in [3.8, 4) is 11.1 Å². The molecule has 2 amide bonds. The first-order valence-corrected chi connectivity index (χ1v) is 12.6. The van der Waals surface area contributed by atoms with Crippen molar-refractivity contribution in [1.29, 1.82) is 0 Å². The molecule has 0 radical (unpaired) electrons. The molecular formula is C28H32N2O5. The number of aliphatic carboxylic acids is 1. The second-order valence-electron chi connectivity index (χ2n) is 10.0. The van der Waals surface area contributed by atoms with Crippen molar-refractivity contribution >= 4 is 18.0 Å². The number of amides is 2. The van der Waals surface area contributed by atoms with E-state index in [2.05, 4.69) is 34.9 Å². The fourth-order valence-corrected chi connectivity index (χ4v) is 6.19. The third-order valence-electron chi connectivity index (χ3n) is 7.93. The van der Waals surface area contributed by atoms with Crippen LogP contribution in [0.1, 0.15) is 62.0 Å². The molecule has 3 N–H and O–H groups in total. The Morgan fingerprint density at radius 3 is 2.14 bits per heavy atom. The maximum atomic E-state index is 12.7. The zero-order chi connectivity index (χ0) is 24.4. The van der Waals surface area contributed by atoms with E-state index >= 15 is 0 Å². The van der Waals surface area contributed by atoms with Crippen LogP contribution in [0.2, 0.25) is 0 Å². The van der Waals surface area contributed by atoms with Crippen molar-refractivity contribution in [2.75, 3.05) is 6.61 Å². The Morgan fingerprint density at radius 1 is 0.829 bits per heavy atom. The van der Waals surface area contributed by atoms with Gasteiger partial charge in [-0.15, -0.1) is 0 Å². The molecular weight excluding hydrogens is 444 g/mol. The van der Waals surface area contributed by atoms with Gasteiger partial charge in [-0.1, -0.05) is 61.4 Å². The molecule has 3 aliphatic carbocycles. The van der Waals surface area contributed by atoms with Gasteiger partial charge in [-0.2, -0.15) is 0 Å². The second-order valence-corrected chi connectivity index (χ2v) is 10.0. The van der Waals surface area contributed by atoms with Gasteiger partial charge in [0.25, 0.3) is 0 Å². The predicted octanol–water partition coefficient (Wildman–Crippen LogP) is 4.45. The maximum Gasteiger partial charge on any atom is 0.407 e. The smallest absolute Gasteiger partial charge is 0.407 e. The van der Waals surface area contributed by atoms with E-state index in [9.17, 15) is 19.5 Å². The fourth-order valence-electron chi connectivity index (χ4n) is 6.19. The van der Waals surface area contributed by atoms with Crippen LogP contribution in [0.15, 0.2) is 48.5 Å². The number of carbonyl (C=O) groups is 3. The van der Waals surface area contributed by atoms with Crippen LogP contribution in [0.25, 0.3) is 11.1 Å². The highest BCUT2D eigenvalue weighted by Gasteiger charge is 2.36. The van der Waals surface area contributed by atoms with Crippen LogP contribution in [-0.4, -0.2) is 41.8 Å². The van der Waals surface area contributed by atoms with Gasteiger partial charge in [0.1, 0.15) is 6.61 Å². The van der Waals surface area contributed by atoms with Crippen molar-refractivity contribution < 1.29 is 24.2 Å². The first-order valence-electron chi connectivity index (χ1n) is 12.6. The number of alkyl carbamates (subject to hydrolysis) is 1. The Hall–Kier alpha value is -3.35. The molecule has 2 saturated carbocycles. The molecule has 184 valence electrons. The quantitative estimate of drug-likeness (QED) is 0.548. The summed E-state index contributed by atoms with van der Waals surface area (Å²) in [6.45, 7) is 0.260. The lowest BCUT2D eigenvalue weighted by Gasteiger charge is -2.23. The van der Waals surface area contributed by atoms with Gasteiger partial charge >= 0.3 is 12.1 Å². The summed E-state index contributed by atoms with van der Waals surface area (Å²) < 4.78 is 5.69. The summed E-state index contributed by atoms with van der Waals surface area (Å²) in [6, 6.07) is 16.0. The van der Waals surface area contributed by atoms with Crippen LogP contribution in [0.5, 0.6) is 0 Å². The zero-order valence-corrected chi connectivity index (χ0v) is 19.7. The van der Waals surface area contributed by atoms with Gasteiger partial charge in [0.2, 0.25) is 5.91 Å². The van der Waals surface area contributed by atoms with Gasteiger partial charge in [-0.3, -0.25) is 9.59 Å². The molecule has 5 rings (SSSR count). The number of rotatable bonds is 7. The van der Waals surface area contributed by atoms with Crippen LogP contribution in [0.4, 0.5) is 4.79 Å². The molecule has 2 aromatic carbocycles. The Kier molecular flexibility index (Phi) is 6.75. The number of carbonyl (C=O) groups excluding carboxylic acids is 2. The van der Waals surface area contributed by atoms with Crippen molar-refractivity contribution in [2.24, 2.45) is 11.8 Å². The third kappa shape index (κ3) is 4.90. The lowest BCUT2D eigenvalue weighted by molar-refractivity contribution is -0.142. The van der Waals surface area contributed by atoms with E-state index in [1.54, 1.807) is 0 Å². The minimum atomic E-state index is -0.844. The summed E-state index contributed by atoms with van der Waals surface area (Å²) in [6.07, 6.45) is 4.57. The molecule has 0 aromatic heterocycles. The first kappa shape index (κ1) is 23.4. The van der Waals surface area contributed by atoms with Crippen molar-refractivity contribution in [3.63, 3.8) is 0 Å². The van der Waals surface area contributed by atoms with Gasteiger partial charge in [0, 0.05) is 24.4 Å². The van der Waals surface area contributed by atoms with Crippen LogP contribution < -0.4 is 10.6 Å². The van der Waals surface area contributed by atoms with Crippen molar-refractivity contribution in [2.45, 2.75) is 62.9 Å². The van der Waals surface area contributed by atoms with Gasteiger partial charge in [0.15, 0.2) is 0 Å². The number of nitrogens with one attached hydrogen (secondary N) is 2. The highest BCUT2D eigenvalue weighted by Crippen LogP contribution is 2.44. The van der Waals surface area contributed by atoms with E-state index in [0.717, 1.165) is 25.7 Å². The minimum Gasteiger partial charge on any atom is -0.481 e. The Balaban J connectivity index is 1.15. The average Bonchev–Trinajstić information content (AvgIpc) is 3.56. The zero-order valence-electron chi connectivity index (χ0n) is 19.7. The molecule has 0 spiro atoms. The molecule has 0 saturated heterocycles. The number of benzene rings is 2. The highest BCUT2D eigenvalue weighted by atomic mass is 16.5. The molecule has 2 aromatic rings. The number of carboxylic acid groups (broad SMARTS) is 1. The molecule has 35 heavy (non-hydrogen) atoms. The van der Waals surface area contributed by atoms with E-state index in [-0.39, 0.29) is 42.9 Å². The minimum absolute atomic E-state index is 0.00638. The Bertz CT molecular complexity index is 1070. The molecule has 7 nitrogen and oxygen atoms in total. The van der Waals surface area contributed by atoms with Crippen LogP contribution in [0, 0.1) is 11.8 Å².